The average Bonchev–Trinajstić information content (AvgIpc) is 2.80. The van der Waals surface area contributed by atoms with Crippen molar-refractivity contribution in [1.82, 2.24) is 9.55 Å². The van der Waals surface area contributed by atoms with Crippen molar-refractivity contribution in [3.63, 3.8) is 0 Å². The van der Waals surface area contributed by atoms with E-state index in [2.05, 4.69) is 40.7 Å². The Morgan fingerprint density at radius 2 is 2.21 bits per heavy atom. The number of nitrogens with two attached hydrogens (primary N) is 1. The van der Waals surface area contributed by atoms with Gasteiger partial charge in [-0.3, -0.25) is 0 Å². The lowest BCUT2D eigenvalue weighted by Crippen LogP contribution is -2.18. The molecule has 0 saturated carbocycles. The van der Waals surface area contributed by atoms with E-state index in [1.54, 1.807) is 0 Å². The highest BCUT2D eigenvalue weighted by Gasteiger charge is 2.10. The Morgan fingerprint density at radius 3 is 2.84 bits per heavy atom. The third kappa shape index (κ3) is 3.93. The molecule has 3 nitrogen and oxygen atoms in total. The number of aromatic nitrogens is 2. The van der Waals surface area contributed by atoms with E-state index in [9.17, 15) is 0 Å². The van der Waals surface area contributed by atoms with Crippen LogP contribution in [0, 0.1) is 12.8 Å². The molecule has 1 aromatic heterocycles. The van der Waals surface area contributed by atoms with Crippen LogP contribution in [0.5, 0.6) is 0 Å². The first-order valence-electron chi connectivity index (χ1n) is 6.91. The molecule has 0 saturated heterocycles. The lowest BCUT2D eigenvalue weighted by molar-refractivity contribution is 0.484. The highest BCUT2D eigenvalue weighted by molar-refractivity contribution is 5.22. The summed E-state index contributed by atoms with van der Waals surface area (Å²) in [6.07, 6.45) is 7.00. The molecular weight excluding hydrogens is 234 g/mol. The molecule has 19 heavy (non-hydrogen) atoms. The molecule has 0 aliphatic rings. The monoisotopic (exact) mass is 257 g/mol. The zero-order valence-corrected chi connectivity index (χ0v) is 11.8. The molecule has 0 amide bonds. The lowest BCUT2D eigenvalue weighted by Gasteiger charge is -2.15. The van der Waals surface area contributed by atoms with Crippen LogP contribution in [0.4, 0.5) is 0 Å². The molecule has 0 aliphatic carbocycles. The number of hydrogen-bond acceptors (Lipinski definition) is 2. The summed E-state index contributed by atoms with van der Waals surface area (Å²) in [5, 5.41) is 0. The second-order valence-electron chi connectivity index (χ2n) is 5.29. The van der Waals surface area contributed by atoms with Crippen LogP contribution in [0.2, 0.25) is 0 Å². The number of nitrogens with zero attached hydrogens (tertiary/aromatic N) is 2. The van der Waals surface area contributed by atoms with E-state index in [1.165, 1.54) is 11.1 Å². The summed E-state index contributed by atoms with van der Waals surface area (Å²) in [6.45, 7) is 2.87. The Bertz CT molecular complexity index is 516. The van der Waals surface area contributed by atoms with Gasteiger partial charge in [-0.2, -0.15) is 0 Å². The van der Waals surface area contributed by atoms with Crippen molar-refractivity contribution in [2.45, 2.75) is 26.2 Å². The van der Waals surface area contributed by atoms with Gasteiger partial charge in [0, 0.05) is 25.9 Å². The second-order valence-corrected chi connectivity index (χ2v) is 5.29. The minimum atomic E-state index is 0.526. The first-order valence-corrected chi connectivity index (χ1v) is 6.91. The van der Waals surface area contributed by atoms with Crippen molar-refractivity contribution in [2.24, 2.45) is 18.7 Å². The third-order valence-electron chi connectivity index (χ3n) is 3.64. The lowest BCUT2D eigenvalue weighted by atomic mass is 9.94. The van der Waals surface area contributed by atoms with Gasteiger partial charge in [0.1, 0.15) is 5.82 Å². The second kappa shape index (κ2) is 6.53. The first kappa shape index (κ1) is 13.8. The normalized spacial score (nSPS) is 12.6. The molecule has 2 N–H and O–H groups in total. The number of aryl methyl sites for hydroxylation is 3. The predicted molar refractivity (Wildman–Crippen MR) is 79.0 cm³/mol. The fraction of sp³-hybridized carbons (Fsp3) is 0.438. The van der Waals surface area contributed by atoms with E-state index < -0.39 is 0 Å². The van der Waals surface area contributed by atoms with Crippen LogP contribution in [0.3, 0.4) is 0 Å². The molecule has 0 spiro atoms. The van der Waals surface area contributed by atoms with E-state index >= 15 is 0 Å². The van der Waals surface area contributed by atoms with Gasteiger partial charge in [-0.25, -0.2) is 4.98 Å². The minimum absolute atomic E-state index is 0.526. The van der Waals surface area contributed by atoms with Gasteiger partial charge in [0.2, 0.25) is 0 Å². The quantitative estimate of drug-likeness (QED) is 0.864. The first-order chi connectivity index (χ1) is 9.19. The van der Waals surface area contributed by atoms with Crippen LogP contribution in [-0.4, -0.2) is 16.1 Å². The summed E-state index contributed by atoms with van der Waals surface area (Å²) in [5.41, 5.74) is 8.61. The summed E-state index contributed by atoms with van der Waals surface area (Å²) in [5.74, 6) is 1.67. The fourth-order valence-electron chi connectivity index (χ4n) is 2.45. The summed E-state index contributed by atoms with van der Waals surface area (Å²) in [6, 6.07) is 8.70. The van der Waals surface area contributed by atoms with Crippen LogP contribution < -0.4 is 5.73 Å². The summed E-state index contributed by atoms with van der Waals surface area (Å²) < 4.78 is 2.08. The maximum Gasteiger partial charge on any atom is 0.108 e. The average molecular weight is 257 g/mol. The van der Waals surface area contributed by atoms with Crippen molar-refractivity contribution in [3.05, 3.63) is 53.6 Å². The molecule has 1 atom stereocenters. The SMILES string of the molecule is Cc1cccc(CC(CN)CCc2nccn2C)c1. The molecule has 0 radical (unpaired) electrons. The van der Waals surface area contributed by atoms with Crippen LogP contribution in [0.1, 0.15) is 23.4 Å². The smallest absolute Gasteiger partial charge is 0.108 e. The van der Waals surface area contributed by atoms with E-state index in [4.69, 9.17) is 5.73 Å². The molecular formula is C16H23N3. The van der Waals surface area contributed by atoms with Gasteiger partial charge in [-0.05, 0) is 37.8 Å². The Balaban J connectivity index is 1.92. The van der Waals surface area contributed by atoms with Gasteiger partial charge >= 0.3 is 0 Å². The topological polar surface area (TPSA) is 43.8 Å². The summed E-state index contributed by atoms with van der Waals surface area (Å²) in [4.78, 5) is 4.37. The molecule has 1 heterocycles. The predicted octanol–water partition coefficient (Wildman–Crippen LogP) is 2.48. The molecule has 0 bridgehead atoms. The highest BCUT2D eigenvalue weighted by Crippen LogP contribution is 2.15. The third-order valence-corrected chi connectivity index (χ3v) is 3.64. The van der Waals surface area contributed by atoms with Gasteiger partial charge in [-0.1, -0.05) is 29.8 Å². The van der Waals surface area contributed by atoms with Crippen molar-refractivity contribution in [1.29, 1.82) is 0 Å². The number of benzene rings is 1. The van der Waals surface area contributed by atoms with Crippen molar-refractivity contribution < 1.29 is 0 Å². The summed E-state index contributed by atoms with van der Waals surface area (Å²) in [7, 11) is 2.04. The van der Waals surface area contributed by atoms with Gasteiger partial charge < -0.3 is 10.3 Å². The molecule has 1 unspecified atom stereocenters. The van der Waals surface area contributed by atoms with Gasteiger partial charge in [0.25, 0.3) is 0 Å². The number of rotatable bonds is 6. The fourth-order valence-corrected chi connectivity index (χ4v) is 2.45. The maximum absolute atomic E-state index is 5.91. The van der Waals surface area contributed by atoms with E-state index in [0.29, 0.717) is 5.92 Å². The van der Waals surface area contributed by atoms with Crippen molar-refractivity contribution in [2.75, 3.05) is 6.54 Å². The zero-order chi connectivity index (χ0) is 13.7. The molecule has 0 fully saturated rings. The van der Waals surface area contributed by atoms with Gasteiger partial charge in [0.05, 0.1) is 0 Å². The number of imidazole rings is 1. The largest absolute Gasteiger partial charge is 0.338 e. The Morgan fingerprint density at radius 1 is 1.37 bits per heavy atom. The molecule has 3 heteroatoms. The van der Waals surface area contributed by atoms with Crippen LogP contribution >= 0.6 is 0 Å². The molecule has 2 rings (SSSR count). The van der Waals surface area contributed by atoms with Crippen molar-refractivity contribution in [3.8, 4) is 0 Å². The number of hydrogen-bond donors (Lipinski definition) is 1. The Hall–Kier alpha value is -1.61. The highest BCUT2D eigenvalue weighted by atomic mass is 15.0. The summed E-state index contributed by atoms with van der Waals surface area (Å²) >= 11 is 0. The molecule has 2 aromatic rings. The molecule has 102 valence electrons. The van der Waals surface area contributed by atoms with Gasteiger partial charge in [0.15, 0.2) is 0 Å². The molecule has 1 aromatic carbocycles. The van der Waals surface area contributed by atoms with Gasteiger partial charge in [-0.15, -0.1) is 0 Å². The van der Waals surface area contributed by atoms with E-state index in [0.717, 1.165) is 31.6 Å². The van der Waals surface area contributed by atoms with Crippen LogP contribution in [-0.2, 0) is 19.9 Å². The Labute approximate surface area is 115 Å². The Kier molecular flexibility index (Phi) is 4.74. The van der Waals surface area contributed by atoms with Crippen molar-refractivity contribution >= 4 is 0 Å². The zero-order valence-electron chi connectivity index (χ0n) is 11.8. The molecule has 0 aliphatic heterocycles. The van der Waals surface area contributed by atoms with Crippen LogP contribution in [0.25, 0.3) is 0 Å². The van der Waals surface area contributed by atoms with E-state index in [-0.39, 0.29) is 0 Å². The van der Waals surface area contributed by atoms with Crippen LogP contribution in [0.15, 0.2) is 36.7 Å². The maximum atomic E-state index is 5.91. The minimum Gasteiger partial charge on any atom is -0.338 e. The standard InChI is InChI=1S/C16H23N3/c1-13-4-3-5-14(10-13)11-15(12-17)6-7-16-18-8-9-19(16)2/h3-5,8-10,15H,6-7,11-12,17H2,1-2H3. The van der Waals surface area contributed by atoms with E-state index in [1.807, 2.05) is 19.4 Å².